The van der Waals surface area contributed by atoms with Crippen LogP contribution in [-0.4, -0.2) is 13.5 Å². The number of aromatic nitrogens is 3. The van der Waals surface area contributed by atoms with Crippen LogP contribution in [0.3, 0.4) is 0 Å². The predicted octanol–water partition coefficient (Wildman–Crippen LogP) is 9.16. The van der Waals surface area contributed by atoms with Crippen LogP contribution in [0.25, 0.3) is 71.8 Å². The molecular weight excluding hydrogens is 526 g/mol. The van der Waals surface area contributed by atoms with Gasteiger partial charge in [0.1, 0.15) is 5.65 Å². The summed E-state index contributed by atoms with van der Waals surface area (Å²) in [4.78, 5) is 14.3. The highest BCUT2D eigenvalue weighted by Crippen LogP contribution is 2.36. The summed E-state index contributed by atoms with van der Waals surface area (Å²) in [6.45, 7) is 0. The number of fused-ring (bicyclic) bond motifs is 8. The minimum atomic E-state index is -0.0277. The Kier molecular flexibility index (Phi) is 5.02. The third kappa shape index (κ3) is 3.47. The van der Waals surface area contributed by atoms with Crippen molar-refractivity contribution < 1.29 is 0 Å². The summed E-state index contributed by atoms with van der Waals surface area (Å²) in [5, 5.41) is 4.17. The Labute approximate surface area is 246 Å². The third-order valence-corrected chi connectivity index (χ3v) is 8.63. The van der Waals surface area contributed by atoms with Gasteiger partial charge in [-0.15, -0.1) is 0 Å². The summed E-state index contributed by atoms with van der Waals surface area (Å²) >= 11 is 0. The maximum atomic E-state index is 14.3. The van der Waals surface area contributed by atoms with Crippen molar-refractivity contribution in [2.45, 2.75) is 0 Å². The van der Waals surface area contributed by atoms with E-state index in [0.717, 1.165) is 50.1 Å². The molecule has 0 aliphatic heterocycles. The number of benzene rings is 6. The number of hydrogen-bond donors (Lipinski definition) is 0. The zero-order valence-corrected chi connectivity index (χ0v) is 23.2. The van der Waals surface area contributed by atoms with E-state index in [1.807, 2.05) is 53.1 Å². The van der Waals surface area contributed by atoms with Crippen molar-refractivity contribution in [2.75, 3.05) is 0 Å². The molecule has 0 unspecified atom stereocenters. The number of nitrogens with zero attached hydrogens (tertiary/aromatic N) is 3. The molecule has 0 fully saturated rings. The van der Waals surface area contributed by atoms with Gasteiger partial charge in [0.05, 0.1) is 33.1 Å². The maximum Gasteiger partial charge on any atom is 0.266 e. The SMILES string of the molecule is O=c1c2cc(-c3ccc4c(c3)c3ccccc3n4-c3ccccc3)ccc2n2c3ccccc3cc2n1-c1ccccc1. The van der Waals surface area contributed by atoms with E-state index in [2.05, 4.69) is 112 Å². The zero-order chi connectivity index (χ0) is 28.5. The van der Waals surface area contributed by atoms with E-state index < -0.39 is 0 Å². The molecule has 3 aromatic heterocycles. The Morgan fingerprint density at radius 1 is 0.395 bits per heavy atom. The van der Waals surface area contributed by atoms with Crippen LogP contribution in [0.2, 0.25) is 0 Å². The fraction of sp³-hybridized carbons (Fsp3) is 0. The standard InChI is InChI=1S/C39H25N3O/c43-39-33-24-27(26-19-21-36-32(23-26)31-16-8-10-18-35(31)40(36)29-12-3-1-4-13-29)20-22-37(33)42-34-17-9-7-11-28(34)25-38(42)41(39)30-14-5-2-6-15-30/h1-25H. The Bertz CT molecular complexity index is 2570. The van der Waals surface area contributed by atoms with Gasteiger partial charge in [-0.3, -0.25) is 13.8 Å². The highest BCUT2D eigenvalue weighted by molar-refractivity contribution is 6.10. The molecule has 0 N–H and O–H groups in total. The molecule has 0 aliphatic rings. The summed E-state index contributed by atoms with van der Waals surface area (Å²) in [5.41, 5.74) is 9.21. The van der Waals surface area contributed by atoms with Crippen LogP contribution < -0.4 is 5.56 Å². The first kappa shape index (κ1) is 23.8. The van der Waals surface area contributed by atoms with Crippen LogP contribution in [-0.2, 0) is 0 Å². The molecule has 9 aromatic rings. The topological polar surface area (TPSA) is 31.3 Å². The van der Waals surface area contributed by atoms with E-state index in [0.29, 0.717) is 5.39 Å². The zero-order valence-electron chi connectivity index (χ0n) is 23.2. The van der Waals surface area contributed by atoms with Crippen molar-refractivity contribution in [3.8, 4) is 22.5 Å². The van der Waals surface area contributed by atoms with Gasteiger partial charge < -0.3 is 4.57 Å². The number of hydrogen-bond acceptors (Lipinski definition) is 1. The largest absolute Gasteiger partial charge is 0.309 e. The van der Waals surface area contributed by atoms with Crippen molar-refractivity contribution in [3.05, 3.63) is 162 Å². The van der Waals surface area contributed by atoms with Gasteiger partial charge in [0.15, 0.2) is 0 Å². The van der Waals surface area contributed by atoms with E-state index in [-0.39, 0.29) is 5.56 Å². The fourth-order valence-electron chi connectivity index (χ4n) is 6.70. The molecule has 9 rings (SSSR count). The van der Waals surface area contributed by atoms with Gasteiger partial charge in [0.2, 0.25) is 0 Å². The minimum Gasteiger partial charge on any atom is -0.309 e. The lowest BCUT2D eigenvalue weighted by Crippen LogP contribution is -2.21. The second-order valence-corrected chi connectivity index (χ2v) is 11.0. The van der Waals surface area contributed by atoms with Crippen LogP contribution in [0.15, 0.2) is 156 Å². The van der Waals surface area contributed by atoms with Crippen LogP contribution in [0.4, 0.5) is 0 Å². The molecule has 0 spiro atoms. The van der Waals surface area contributed by atoms with E-state index >= 15 is 0 Å². The first-order valence-electron chi connectivity index (χ1n) is 14.5. The van der Waals surface area contributed by atoms with Gasteiger partial charge in [-0.1, -0.05) is 84.9 Å². The van der Waals surface area contributed by atoms with Crippen LogP contribution in [0.5, 0.6) is 0 Å². The molecule has 0 radical (unpaired) electrons. The molecule has 4 heteroatoms. The Morgan fingerprint density at radius 2 is 0.953 bits per heavy atom. The number of para-hydroxylation sites is 4. The summed E-state index contributed by atoms with van der Waals surface area (Å²) in [6, 6.07) is 52.3. The second kappa shape index (κ2) is 9.07. The molecule has 0 bridgehead atoms. The molecule has 0 atom stereocenters. The Balaban J connectivity index is 1.32. The average molecular weight is 552 g/mol. The monoisotopic (exact) mass is 551 g/mol. The van der Waals surface area contributed by atoms with Gasteiger partial charge in [-0.2, -0.15) is 0 Å². The van der Waals surface area contributed by atoms with Crippen molar-refractivity contribution in [3.63, 3.8) is 0 Å². The first-order valence-corrected chi connectivity index (χ1v) is 14.5. The fourth-order valence-corrected chi connectivity index (χ4v) is 6.70. The van der Waals surface area contributed by atoms with Crippen LogP contribution in [0, 0.1) is 0 Å². The molecule has 0 saturated carbocycles. The van der Waals surface area contributed by atoms with E-state index in [4.69, 9.17) is 0 Å². The van der Waals surface area contributed by atoms with Crippen LogP contribution >= 0.6 is 0 Å². The smallest absolute Gasteiger partial charge is 0.266 e. The van der Waals surface area contributed by atoms with Gasteiger partial charge >= 0.3 is 0 Å². The normalized spacial score (nSPS) is 11.8. The Morgan fingerprint density at radius 3 is 1.70 bits per heavy atom. The summed E-state index contributed by atoms with van der Waals surface area (Å²) in [6.07, 6.45) is 0. The van der Waals surface area contributed by atoms with E-state index in [9.17, 15) is 4.79 Å². The van der Waals surface area contributed by atoms with E-state index in [1.54, 1.807) is 0 Å². The molecule has 0 saturated heterocycles. The molecule has 4 nitrogen and oxygen atoms in total. The third-order valence-electron chi connectivity index (χ3n) is 8.63. The van der Waals surface area contributed by atoms with Crippen molar-refractivity contribution >= 4 is 49.3 Å². The van der Waals surface area contributed by atoms with Gasteiger partial charge in [-0.05, 0) is 77.9 Å². The second-order valence-electron chi connectivity index (χ2n) is 11.0. The highest BCUT2D eigenvalue weighted by Gasteiger charge is 2.17. The van der Waals surface area contributed by atoms with Gasteiger partial charge in [0, 0.05) is 21.8 Å². The van der Waals surface area contributed by atoms with Crippen molar-refractivity contribution in [1.29, 1.82) is 0 Å². The molecular formula is C39H25N3O. The lowest BCUT2D eigenvalue weighted by Gasteiger charge is -2.14. The lowest BCUT2D eigenvalue weighted by atomic mass is 10.0. The quantitative estimate of drug-likeness (QED) is 0.215. The summed E-state index contributed by atoms with van der Waals surface area (Å²) in [7, 11) is 0. The molecule has 0 amide bonds. The molecule has 6 aromatic carbocycles. The molecule has 202 valence electrons. The molecule has 3 heterocycles. The average Bonchev–Trinajstić information content (AvgIpc) is 3.61. The summed E-state index contributed by atoms with van der Waals surface area (Å²) < 4.78 is 6.36. The highest BCUT2D eigenvalue weighted by atomic mass is 16.1. The minimum absolute atomic E-state index is 0.0277. The Hall–Kier alpha value is -5.87. The summed E-state index contributed by atoms with van der Waals surface area (Å²) in [5.74, 6) is 0. The lowest BCUT2D eigenvalue weighted by molar-refractivity contribution is 1.01. The van der Waals surface area contributed by atoms with Gasteiger partial charge in [-0.25, -0.2) is 0 Å². The van der Waals surface area contributed by atoms with E-state index in [1.165, 1.54) is 16.3 Å². The van der Waals surface area contributed by atoms with Crippen molar-refractivity contribution in [1.82, 2.24) is 13.5 Å². The predicted molar refractivity (Wildman–Crippen MR) is 178 cm³/mol. The molecule has 43 heavy (non-hydrogen) atoms. The molecule has 0 aliphatic carbocycles. The maximum absolute atomic E-state index is 14.3. The van der Waals surface area contributed by atoms with Crippen LogP contribution in [0.1, 0.15) is 0 Å². The number of rotatable bonds is 3. The van der Waals surface area contributed by atoms with Crippen molar-refractivity contribution in [2.24, 2.45) is 0 Å². The van der Waals surface area contributed by atoms with Gasteiger partial charge in [0.25, 0.3) is 5.56 Å². The first-order chi connectivity index (χ1) is 21.3.